The van der Waals surface area contributed by atoms with Crippen LogP contribution in [0.4, 0.5) is 10.5 Å². The van der Waals surface area contributed by atoms with Gasteiger partial charge in [-0.25, -0.2) is 4.79 Å². The smallest absolute Gasteiger partial charge is 0.410 e. The number of nitrogens with zero attached hydrogens (tertiary/aromatic N) is 3. The highest BCUT2D eigenvalue weighted by Gasteiger charge is 2.27. The fourth-order valence-electron chi connectivity index (χ4n) is 5.66. The van der Waals surface area contributed by atoms with Crippen LogP contribution in [0.5, 0.6) is 5.75 Å². The molecule has 2 N–H and O–H groups in total. The second-order valence-corrected chi connectivity index (χ2v) is 12.7. The minimum atomic E-state index is -0.505. The Morgan fingerprint density at radius 2 is 1.64 bits per heavy atom. The van der Waals surface area contributed by atoms with Crippen molar-refractivity contribution in [3.63, 3.8) is 0 Å². The van der Waals surface area contributed by atoms with Crippen LogP contribution in [0.15, 0.2) is 42.5 Å². The number of likely N-dealkylation sites (tertiary alicyclic amines) is 1. The zero-order valence-corrected chi connectivity index (χ0v) is 26.9. The van der Waals surface area contributed by atoms with Crippen molar-refractivity contribution in [1.82, 2.24) is 20.0 Å². The highest BCUT2D eigenvalue weighted by Crippen LogP contribution is 2.32. The Morgan fingerprint density at radius 3 is 2.34 bits per heavy atom. The zero-order chi connectivity index (χ0) is 31.5. The van der Waals surface area contributed by atoms with E-state index in [-0.39, 0.29) is 24.5 Å². The van der Waals surface area contributed by atoms with Crippen LogP contribution >= 0.6 is 11.6 Å². The predicted molar refractivity (Wildman–Crippen MR) is 173 cm³/mol. The van der Waals surface area contributed by atoms with Crippen LogP contribution in [0.3, 0.4) is 0 Å². The second-order valence-electron chi connectivity index (χ2n) is 12.3. The summed E-state index contributed by atoms with van der Waals surface area (Å²) in [5.41, 5.74) is 2.08. The molecule has 4 rings (SSSR count). The van der Waals surface area contributed by atoms with Crippen LogP contribution < -0.4 is 15.4 Å². The predicted octanol–water partition coefficient (Wildman–Crippen LogP) is 4.49. The molecule has 10 nitrogen and oxygen atoms in total. The van der Waals surface area contributed by atoms with Gasteiger partial charge in [-0.3, -0.25) is 14.5 Å². The minimum absolute atomic E-state index is 0.0333. The molecule has 2 aliphatic heterocycles. The molecule has 2 fully saturated rings. The highest BCUT2D eigenvalue weighted by atomic mass is 35.5. The largest absolute Gasteiger partial charge is 0.484 e. The number of piperidine rings is 1. The monoisotopic (exact) mass is 627 g/mol. The summed E-state index contributed by atoms with van der Waals surface area (Å²) in [6.45, 7) is 13.1. The van der Waals surface area contributed by atoms with Gasteiger partial charge in [0.05, 0.1) is 5.69 Å². The van der Waals surface area contributed by atoms with Crippen LogP contribution in [0.25, 0.3) is 0 Å². The average molecular weight is 628 g/mol. The first-order chi connectivity index (χ1) is 21.1. The van der Waals surface area contributed by atoms with E-state index in [4.69, 9.17) is 21.1 Å². The Bertz CT molecular complexity index is 1250. The molecule has 0 aromatic heterocycles. The van der Waals surface area contributed by atoms with Crippen LogP contribution in [0.1, 0.15) is 55.5 Å². The lowest BCUT2D eigenvalue weighted by atomic mass is 9.86. The van der Waals surface area contributed by atoms with E-state index in [0.717, 1.165) is 69.6 Å². The SMILES string of the molecule is CC(C)(C)OC(=O)N1CCN(CCNC(=O)c2cc(Cl)ccc2C2CCN(CCNc3ccccc3OCC=O)CC2)CC1. The van der Waals surface area contributed by atoms with E-state index in [1.807, 2.05) is 57.2 Å². The average Bonchev–Trinajstić information content (AvgIpc) is 3.00. The Kier molecular flexibility index (Phi) is 12.3. The van der Waals surface area contributed by atoms with E-state index in [0.29, 0.717) is 42.5 Å². The van der Waals surface area contributed by atoms with Crippen LogP contribution in [0.2, 0.25) is 5.02 Å². The molecule has 2 amide bonds. The fourth-order valence-corrected chi connectivity index (χ4v) is 5.84. The summed E-state index contributed by atoms with van der Waals surface area (Å²) >= 11 is 6.33. The number of halogens is 1. The van der Waals surface area contributed by atoms with Crippen molar-refractivity contribution in [1.29, 1.82) is 0 Å². The molecule has 2 saturated heterocycles. The van der Waals surface area contributed by atoms with Gasteiger partial charge < -0.3 is 29.9 Å². The van der Waals surface area contributed by atoms with Gasteiger partial charge in [-0.15, -0.1) is 0 Å². The number of piperazine rings is 1. The van der Waals surface area contributed by atoms with Crippen molar-refractivity contribution in [3.8, 4) is 5.75 Å². The molecule has 2 aromatic carbocycles. The third-order valence-electron chi connectivity index (χ3n) is 7.96. The molecule has 44 heavy (non-hydrogen) atoms. The quantitative estimate of drug-likeness (QED) is 0.332. The summed E-state index contributed by atoms with van der Waals surface area (Å²) in [6, 6.07) is 13.3. The van der Waals surface area contributed by atoms with Gasteiger partial charge in [-0.1, -0.05) is 29.8 Å². The number of carbonyl (C=O) groups excluding carboxylic acids is 3. The first kappa shape index (κ1) is 33.6. The second kappa shape index (κ2) is 16.1. The summed E-state index contributed by atoms with van der Waals surface area (Å²) in [7, 11) is 0. The standard InChI is InChI=1S/C33H46ClN5O5/c1-33(2,3)44-32(42)39-20-18-38(19-21-39)17-13-36-31(41)28-24-26(34)8-9-27(28)25-10-14-37(15-11-25)16-12-35-29-6-4-5-7-30(29)43-23-22-40/h4-9,22,24-25,35H,10-21,23H2,1-3H3,(H,36,41). The Balaban J connectivity index is 1.21. The van der Waals surface area contributed by atoms with Gasteiger partial charge >= 0.3 is 6.09 Å². The minimum Gasteiger partial charge on any atom is -0.484 e. The first-order valence-corrected chi connectivity index (χ1v) is 15.9. The van der Waals surface area contributed by atoms with Crippen molar-refractivity contribution in [2.45, 2.75) is 45.1 Å². The van der Waals surface area contributed by atoms with Crippen molar-refractivity contribution in [3.05, 3.63) is 58.6 Å². The maximum atomic E-state index is 13.3. The Labute approximate surface area is 266 Å². The third-order valence-corrected chi connectivity index (χ3v) is 8.20. The summed E-state index contributed by atoms with van der Waals surface area (Å²) in [4.78, 5) is 42.7. The van der Waals surface area contributed by atoms with Crippen LogP contribution in [-0.2, 0) is 9.53 Å². The van der Waals surface area contributed by atoms with E-state index < -0.39 is 5.60 Å². The van der Waals surface area contributed by atoms with Gasteiger partial charge in [0, 0.05) is 62.9 Å². The number of carbonyl (C=O) groups is 3. The van der Waals surface area contributed by atoms with Crippen molar-refractivity contribution >= 4 is 35.6 Å². The van der Waals surface area contributed by atoms with Gasteiger partial charge in [0.25, 0.3) is 5.91 Å². The normalized spacial score (nSPS) is 16.8. The number of hydrogen-bond donors (Lipinski definition) is 2. The number of ether oxygens (including phenoxy) is 2. The number of aldehydes is 1. The summed E-state index contributed by atoms with van der Waals surface area (Å²) in [6.07, 6.45) is 2.39. The number of benzene rings is 2. The fraction of sp³-hybridized carbons (Fsp3) is 0.545. The lowest BCUT2D eigenvalue weighted by Gasteiger charge is -2.35. The summed E-state index contributed by atoms with van der Waals surface area (Å²) in [5, 5.41) is 7.07. The molecule has 0 atom stereocenters. The van der Waals surface area contributed by atoms with E-state index in [9.17, 15) is 14.4 Å². The number of anilines is 1. The summed E-state index contributed by atoms with van der Waals surface area (Å²) < 4.78 is 11.0. The van der Waals surface area contributed by atoms with Gasteiger partial charge in [-0.05, 0) is 82.4 Å². The molecule has 0 unspecified atom stereocenters. The maximum absolute atomic E-state index is 13.3. The molecule has 0 saturated carbocycles. The van der Waals surface area contributed by atoms with Crippen molar-refractivity contribution < 1.29 is 23.9 Å². The molecule has 11 heteroatoms. The lowest BCUT2D eigenvalue weighted by Crippen LogP contribution is -2.51. The topological polar surface area (TPSA) is 103 Å². The van der Waals surface area contributed by atoms with Gasteiger partial charge in [-0.2, -0.15) is 0 Å². The Hall–Kier alpha value is -3.34. The van der Waals surface area contributed by atoms with Crippen LogP contribution in [0, 0.1) is 0 Å². The molecule has 0 spiro atoms. The van der Waals surface area contributed by atoms with E-state index in [1.54, 1.807) is 11.0 Å². The van der Waals surface area contributed by atoms with E-state index in [1.165, 1.54) is 0 Å². The Morgan fingerprint density at radius 1 is 0.955 bits per heavy atom. The molecule has 0 radical (unpaired) electrons. The molecular formula is C33H46ClN5O5. The van der Waals surface area contributed by atoms with Gasteiger partial charge in [0.1, 0.15) is 18.0 Å². The highest BCUT2D eigenvalue weighted by molar-refractivity contribution is 6.31. The number of amides is 2. The number of nitrogens with one attached hydrogen (secondary N) is 2. The zero-order valence-electron chi connectivity index (χ0n) is 26.1. The van der Waals surface area contributed by atoms with Crippen molar-refractivity contribution in [2.24, 2.45) is 0 Å². The molecule has 0 aliphatic carbocycles. The molecule has 2 aromatic rings. The molecular weight excluding hydrogens is 582 g/mol. The molecule has 0 bridgehead atoms. The van der Waals surface area contributed by atoms with E-state index in [2.05, 4.69) is 20.4 Å². The number of hydrogen-bond acceptors (Lipinski definition) is 8. The van der Waals surface area contributed by atoms with Gasteiger partial charge in [0.2, 0.25) is 0 Å². The number of rotatable bonds is 12. The lowest BCUT2D eigenvalue weighted by molar-refractivity contribution is -0.109. The van der Waals surface area contributed by atoms with Gasteiger partial charge in [0.15, 0.2) is 6.29 Å². The van der Waals surface area contributed by atoms with Crippen LogP contribution in [-0.4, -0.2) is 111 Å². The number of para-hydroxylation sites is 2. The summed E-state index contributed by atoms with van der Waals surface area (Å²) in [5.74, 6) is 0.861. The molecule has 2 aliphatic rings. The molecule has 240 valence electrons. The molecule has 2 heterocycles. The third kappa shape index (κ3) is 10.1. The first-order valence-electron chi connectivity index (χ1n) is 15.5. The maximum Gasteiger partial charge on any atom is 0.410 e. The van der Waals surface area contributed by atoms with E-state index >= 15 is 0 Å². The van der Waals surface area contributed by atoms with Crippen molar-refractivity contribution in [2.75, 3.05) is 77.4 Å².